The van der Waals surface area contributed by atoms with Gasteiger partial charge < -0.3 is 18.9 Å². The van der Waals surface area contributed by atoms with Crippen molar-refractivity contribution in [2.24, 2.45) is 11.8 Å². The second-order valence-corrected chi connectivity index (χ2v) is 8.65. The van der Waals surface area contributed by atoms with E-state index >= 15 is 0 Å². The summed E-state index contributed by atoms with van der Waals surface area (Å²) in [5, 5.41) is 0. The Morgan fingerprint density at radius 1 is 0.686 bits per heavy atom. The molecule has 0 radical (unpaired) electrons. The van der Waals surface area contributed by atoms with Gasteiger partial charge in [-0.15, -0.1) is 0 Å². The zero-order chi connectivity index (χ0) is 24.5. The summed E-state index contributed by atoms with van der Waals surface area (Å²) in [4.78, 5) is 25.1. The predicted molar refractivity (Wildman–Crippen MR) is 131 cm³/mol. The molecule has 1 aliphatic carbocycles. The van der Waals surface area contributed by atoms with Gasteiger partial charge in [0, 0.05) is 7.11 Å². The first kappa shape index (κ1) is 24.5. The van der Waals surface area contributed by atoms with Crippen LogP contribution in [0.5, 0.6) is 17.2 Å². The number of esters is 2. The van der Waals surface area contributed by atoms with E-state index in [2.05, 4.69) is 0 Å². The van der Waals surface area contributed by atoms with Gasteiger partial charge in [0.1, 0.15) is 23.4 Å². The van der Waals surface area contributed by atoms with Gasteiger partial charge in [-0.05, 0) is 67.6 Å². The molecule has 3 aromatic rings. The molecule has 0 N–H and O–H groups in total. The van der Waals surface area contributed by atoms with Crippen LogP contribution in [-0.4, -0.2) is 25.7 Å². The van der Waals surface area contributed by atoms with E-state index in [1.54, 1.807) is 43.5 Å². The molecule has 0 heterocycles. The maximum absolute atomic E-state index is 12.7. The van der Waals surface area contributed by atoms with E-state index in [4.69, 9.17) is 18.9 Å². The summed E-state index contributed by atoms with van der Waals surface area (Å²) in [5.74, 6) is 0.750. The standard InChI is InChI=1S/C29H30O6/c1-32-20-27(21-8-4-2-5-9-21)33-25-16-18-26(19-17-25)35-29(31)23-14-12-22(13-15-23)28(30)34-24-10-6-3-7-11-24/h2-11,16-19,22-23,27H,12-15,20H2,1H3/t22-,23-,27?. The zero-order valence-corrected chi connectivity index (χ0v) is 19.8. The fourth-order valence-corrected chi connectivity index (χ4v) is 4.22. The summed E-state index contributed by atoms with van der Waals surface area (Å²) < 4.78 is 22.4. The molecule has 1 saturated carbocycles. The molecule has 4 rings (SSSR count). The van der Waals surface area contributed by atoms with Crippen LogP contribution < -0.4 is 14.2 Å². The number of ether oxygens (including phenoxy) is 4. The maximum atomic E-state index is 12.7. The molecule has 0 saturated heterocycles. The maximum Gasteiger partial charge on any atom is 0.314 e. The normalized spacial score (nSPS) is 18.3. The third-order valence-electron chi connectivity index (χ3n) is 6.17. The van der Waals surface area contributed by atoms with Crippen molar-refractivity contribution >= 4 is 11.9 Å². The van der Waals surface area contributed by atoms with Crippen LogP contribution in [-0.2, 0) is 14.3 Å². The smallest absolute Gasteiger partial charge is 0.314 e. The Morgan fingerprint density at radius 3 is 1.66 bits per heavy atom. The Morgan fingerprint density at radius 2 is 1.14 bits per heavy atom. The largest absolute Gasteiger partial charge is 0.483 e. The van der Waals surface area contributed by atoms with Crippen molar-refractivity contribution in [3.8, 4) is 17.2 Å². The van der Waals surface area contributed by atoms with Crippen molar-refractivity contribution in [2.75, 3.05) is 13.7 Å². The minimum atomic E-state index is -0.268. The zero-order valence-electron chi connectivity index (χ0n) is 19.8. The van der Waals surface area contributed by atoms with Crippen LogP contribution in [0.2, 0.25) is 0 Å². The summed E-state index contributed by atoms with van der Waals surface area (Å²) in [6.07, 6.45) is 2.18. The summed E-state index contributed by atoms with van der Waals surface area (Å²) >= 11 is 0. The summed E-state index contributed by atoms with van der Waals surface area (Å²) in [6.45, 7) is 0.419. The first-order chi connectivity index (χ1) is 17.1. The molecule has 0 aromatic heterocycles. The second kappa shape index (κ2) is 12.2. The van der Waals surface area contributed by atoms with Gasteiger partial charge >= 0.3 is 11.9 Å². The van der Waals surface area contributed by atoms with Crippen molar-refractivity contribution in [3.05, 3.63) is 90.5 Å². The third kappa shape index (κ3) is 6.93. The number of rotatable bonds is 9. The first-order valence-corrected chi connectivity index (χ1v) is 11.9. The predicted octanol–water partition coefficient (Wildman–Crippen LogP) is 5.77. The average Bonchev–Trinajstić information content (AvgIpc) is 2.90. The number of benzene rings is 3. The monoisotopic (exact) mass is 474 g/mol. The molecular weight excluding hydrogens is 444 g/mol. The number of carbonyl (C=O) groups excluding carboxylic acids is 2. The lowest BCUT2D eigenvalue weighted by Crippen LogP contribution is -2.30. The van der Waals surface area contributed by atoms with Crippen LogP contribution in [0, 0.1) is 11.8 Å². The Bertz CT molecular complexity index is 1070. The SMILES string of the molecule is COCC(Oc1ccc(OC(=O)[C@H]2CC[C@H](C(=O)Oc3ccccc3)CC2)cc1)c1ccccc1. The van der Waals surface area contributed by atoms with Crippen molar-refractivity contribution in [1.29, 1.82) is 0 Å². The Hall–Kier alpha value is -3.64. The summed E-state index contributed by atoms with van der Waals surface area (Å²) in [7, 11) is 1.64. The van der Waals surface area contributed by atoms with E-state index in [1.165, 1.54) is 0 Å². The lowest BCUT2D eigenvalue weighted by molar-refractivity contribution is -0.145. The van der Waals surface area contributed by atoms with Gasteiger partial charge in [-0.25, -0.2) is 0 Å². The fourth-order valence-electron chi connectivity index (χ4n) is 4.22. The van der Waals surface area contributed by atoms with Gasteiger partial charge in [-0.2, -0.15) is 0 Å². The van der Waals surface area contributed by atoms with Crippen molar-refractivity contribution in [1.82, 2.24) is 0 Å². The molecule has 1 atom stereocenters. The number of para-hydroxylation sites is 1. The minimum Gasteiger partial charge on any atom is -0.483 e. The highest BCUT2D eigenvalue weighted by Gasteiger charge is 2.32. The number of carbonyl (C=O) groups is 2. The van der Waals surface area contributed by atoms with Gasteiger partial charge in [0.25, 0.3) is 0 Å². The quantitative estimate of drug-likeness (QED) is 0.290. The van der Waals surface area contributed by atoms with Gasteiger partial charge in [0.15, 0.2) is 0 Å². The van der Waals surface area contributed by atoms with E-state index in [9.17, 15) is 9.59 Å². The highest BCUT2D eigenvalue weighted by atomic mass is 16.5. The van der Waals surface area contributed by atoms with E-state index in [0.29, 0.717) is 49.5 Å². The van der Waals surface area contributed by atoms with E-state index in [-0.39, 0.29) is 29.9 Å². The first-order valence-electron chi connectivity index (χ1n) is 11.9. The molecule has 0 aliphatic heterocycles. The van der Waals surface area contributed by atoms with Crippen LogP contribution in [0.3, 0.4) is 0 Å². The van der Waals surface area contributed by atoms with Crippen LogP contribution >= 0.6 is 0 Å². The molecule has 1 unspecified atom stereocenters. The van der Waals surface area contributed by atoms with Crippen molar-refractivity contribution < 1.29 is 28.5 Å². The molecule has 35 heavy (non-hydrogen) atoms. The summed E-state index contributed by atoms with van der Waals surface area (Å²) in [5.41, 5.74) is 1.02. The fraction of sp³-hybridized carbons (Fsp3) is 0.310. The number of methoxy groups -OCH3 is 1. The van der Waals surface area contributed by atoms with Gasteiger partial charge in [-0.1, -0.05) is 48.5 Å². The van der Waals surface area contributed by atoms with Crippen molar-refractivity contribution in [3.63, 3.8) is 0 Å². The highest BCUT2D eigenvalue weighted by Crippen LogP contribution is 2.32. The topological polar surface area (TPSA) is 71.1 Å². The molecule has 0 amide bonds. The summed E-state index contributed by atoms with van der Waals surface area (Å²) in [6, 6.07) is 25.9. The minimum absolute atomic E-state index is 0.194. The Kier molecular flexibility index (Phi) is 8.52. The van der Waals surface area contributed by atoms with Gasteiger partial charge in [-0.3, -0.25) is 9.59 Å². The molecule has 6 heteroatoms. The lowest BCUT2D eigenvalue weighted by atomic mass is 9.82. The highest BCUT2D eigenvalue weighted by molar-refractivity contribution is 5.77. The van der Waals surface area contributed by atoms with E-state index in [0.717, 1.165) is 5.56 Å². The van der Waals surface area contributed by atoms with E-state index in [1.807, 2.05) is 48.5 Å². The Balaban J connectivity index is 1.26. The van der Waals surface area contributed by atoms with Crippen LogP contribution in [0.25, 0.3) is 0 Å². The second-order valence-electron chi connectivity index (χ2n) is 8.65. The number of hydrogen-bond acceptors (Lipinski definition) is 6. The van der Waals surface area contributed by atoms with E-state index < -0.39 is 0 Å². The molecule has 0 bridgehead atoms. The van der Waals surface area contributed by atoms with Crippen molar-refractivity contribution in [2.45, 2.75) is 31.8 Å². The van der Waals surface area contributed by atoms with Gasteiger partial charge in [0.05, 0.1) is 18.4 Å². The van der Waals surface area contributed by atoms with Crippen LogP contribution in [0.1, 0.15) is 37.4 Å². The molecule has 1 fully saturated rings. The number of hydrogen-bond donors (Lipinski definition) is 0. The third-order valence-corrected chi connectivity index (χ3v) is 6.17. The molecule has 6 nitrogen and oxygen atoms in total. The molecule has 1 aliphatic rings. The lowest BCUT2D eigenvalue weighted by Gasteiger charge is -2.25. The molecule has 182 valence electrons. The molecule has 0 spiro atoms. The molecular formula is C29H30O6. The van der Waals surface area contributed by atoms with Crippen LogP contribution in [0.15, 0.2) is 84.9 Å². The molecule has 3 aromatic carbocycles. The van der Waals surface area contributed by atoms with Crippen LogP contribution in [0.4, 0.5) is 0 Å². The average molecular weight is 475 g/mol. The Labute approximate surface area is 205 Å². The van der Waals surface area contributed by atoms with Gasteiger partial charge in [0.2, 0.25) is 0 Å².